The number of carbonyl (C=O) groups excluding carboxylic acids is 1. The molecule has 0 aromatic heterocycles. The Hall–Kier alpha value is -0.910. The molecule has 1 saturated carbocycles. The van der Waals surface area contributed by atoms with Gasteiger partial charge in [0.25, 0.3) is 0 Å². The highest BCUT2D eigenvalue weighted by Crippen LogP contribution is 2.45. The monoisotopic (exact) mass is 310 g/mol. The van der Waals surface area contributed by atoms with Gasteiger partial charge in [0.2, 0.25) is 5.78 Å². The smallest absolute Gasteiger partial charge is 0.287 e. The average molecular weight is 311 g/mol. The summed E-state index contributed by atoms with van der Waals surface area (Å²) in [5.74, 6) is -8.39. The topological polar surface area (TPSA) is 17.1 Å². The summed E-state index contributed by atoms with van der Waals surface area (Å²) in [5, 5.41) is 0. The summed E-state index contributed by atoms with van der Waals surface area (Å²) in [4.78, 5) is 11.5. The van der Waals surface area contributed by atoms with E-state index in [1.807, 2.05) is 0 Å². The molecule has 1 aromatic rings. The molecule has 0 atom stereocenters. The molecule has 0 spiro atoms. The number of carbonyl (C=O) groups is 1. The van der Waals surface area contributed by atoms with E-state index in [2.05, 4.69) is 15.9 Å². The van der Waals surface area contributed by atoms with Crippen LogP contribution in [-0.2, 0) is 0 Å². The second kappa shape index (κ2) is 4.08. The quantitative estimate of drug-likeness (QED) is 0.469. The van der Waals surface area contributed by atoms with Gasteiger partial charge in [-0.3, -0.25) is 4.79 Å². The summed E-state index contributed by atoms with van der Waals surface area (Å²) in [6.45, 7) is 0. The molecule has 92 valence electrons. The predicted octanol–water partition coefficient (Wildman–Crippen LogP) is 3.96. The number of ketones is 1. The Morgan fingerprint density at radius 1 is 1.24 bits per heavy atom. The number of halogens is 5. The Morgan fingerprint density at radius 2 is 1.82 bits per heavy atom. The zero-order valence-electron chi connectivity index (χ0n) is 8.44. The summed E-state index contributed by atoms with van der Waals surface area (Å²) < 4.78 is 53.2. The minimum Gasteiger partial charge on any atom is -0.287 e. The van der Waals surface area contributed by atoms with Crippen molar-refractivity contribution in [2.24, 2.45) is 5.92 Å². The van der Waals surface area contributed by atoms with E-state index in [0.29, 0.717) is 12.1 Å². The first-order valence-electron chi connectivity index (χ1n) is 4.91. The van der Waals surface area contributed by atoms with Crippen molar-refractivity contribution in [3.8, 4) is 0 Å². The van der Waals surface area contributed by atoms with E-state index in [1.54, 1.807) is 0 Å². The molecule has 0 amide bonds. The van der Waals surface area contributed by atoms with Gasteiger partial charge < -0.3 is 0 Å². The fourth-order valence-corrected chi connectivity index (χ4v) is 1.82. The lowest BCUT2D eigenvalue weighted by atomic mass is 10.0. The number of alkyl halides is 2. The predicted molar refractivity (Wildman–Crippen MR) is 56.1 cm³/mol. The van der Waals surface area contributed by atoms with Crippen LogP contribution in [0.5, 0.6) is 0 Å². The van der Waals surface area contributed by atoms with Crippen molar-refractivity contribution in [3.05, 3.63) is 33.8 Å². The van der Waals surface area contributed by atoms with Crippen LogP contribution in [0.2, 0.25) is 0 Å². The van der Waals surface area contributed by atoms with E-state index in [9.17, 15) is 22.4 Å². The molecular formula is C11H7BrF4O. The molecule has 1 aromatic carbocycles. The lowest BCUT2D eigenvalue weighted by Gasteiger charge is -2.14. The largest absolute Gasteiger partial charge is 0.312 e. The van der Waals surface area contributed by atoms with Crippen LogP contribution < -0.4 is 0 Å². The van der Waals surface area contributed by atoms with Gasteiger partial charge in [0.15, 0.2) is 0 Å². The van der Waals surface area contributed by atoms with Gasteiger partial charge in [0.1, 0.15) is 11.6 Å². The highest BCUT2D eigenvalue weighted by atomic mass is 79.9. The molecule has 0 saturated heterocycles. The van der Waals surface area contributed by atoms with Gasteiger partial charge in [0.05, 0.1) is 10.0 Å². The second-order valence-corrected chi connectivity index (χ2v) is 4.83. The SMILES string of the molecule is O=C(c1cc(F)c(Br)cc1F)C(F)(F)C1CC1. The van der Waals surface area contributed by atoms with Crippen molar-refractivity contribution in [2.45, 2.75) is 18.8 Å². The maximum atomic E-state index is 13.4. The van der Waals surface area contributed by atoms with Gasteiger partial charge in [0, 0.05) is 5.92 Å². The zero-order valence-corrected chi connectivity index (χ0v) is 10.0. The van der Waals surface area contributed by atoms with Gasteiger partial charge in [-0.1, -0.05) is 0 Å². The van der Waals surface area contributed by atoms with Crippen molar-refractivity contribution in [1.82, 2.24) is 0 Å². The number of Topliss-reactive ketones (excluding diaryl/α,β-unsaturated/α-hetero) is 1. The van der Waals surface area contributed by atoms with Crippen LogP contribution in [0, 0.1) is 17.6 Å². The molecular weight excluding hydrogens is 304 g/mol. The lowest BCUT2D eigenvalue weighted by Crippen LogP contribution is -2.31. The van der Waals surface area contributed by atoms with Crippen molar-refractivity contribution >= 4 is 21.7 Å². The fraction of sp³-hybridized carbons (Fsp3) is 0.364. The van der Waals surface area contributed by atoms with Gasteiger partial charge >= 0.3 is 5.92 Å². The highest BCUT2D eigenvalue weighted by molar-refractivity contribution is 9.10. The van der Waals surface area contributed by atoms with E-state index in [0.717, 1.165) is 0 Å². The Balaban J connectivity index is 2.40. The molecule has 1 aliphatic rings. The molecule has 1 fully saturated rings. The standard InChI is InChI=1S/C11H7BrF4O/c12-7-4-8(13)6(3-9(7)14)10(17)11(15,16)5-1-2-5/h3-5H,1-2H2. The van der Waals surface area contributed by atoms with Crippen LogP contribution in [0.25, 0.3) is 0 Å². The van der Waals surface area contributed by atoms with Crippen LogP contribution in [0.15, 0.2) is 16.6 Å². The molecule has 1 aliphatic carbocycles. The van der Waals surface area contributed by atoms with Crippen LogP contribution in [0.1, 0.15) is 23.2 Å². The molecule has 2 rings (SSSR count). The summed E-state index contributed by atoms with van der Waals surface area (Å²) in [5.41, 5.74) is -0.900. The normalized spacial score (nSPS) is 16.1. The summed E-state index contributed by atoms with van der Waals surface area (Å²) in [6, 6.07) is 1.17. The van der Waals surface area contributed by atoms with Crippen molar-refractivity contribution in [2.75, 3.05) is 0 Å². The molecule has 0 heterocycles. The minimum absolute atomic E-state index is 0.207. The first-order chi connectivity index (χ1) is 7.84. The number of benzene rings is 1. The minimum atomic E-state index is -3.61. The average Bonchev–Trinajstić information content (AvgIpc) is 3.06. The third-order valence-corrected chi connectivity index (χ3v) is 3.26. The second-order valence-electron chi connectivity index (χ2n) is 3.97. The number of hydrogen-bond donors (Lipinski definition) is 0. The first-order valence-corrected chi connectivity index (χ1v) is 5.70. The molecule has 0 aliphatic heterocycles. The van der Waals surface area contributed by atoms with E-state index >= 15 is 0 Å². The summed E-state index contributed by atoms with van der Waals surface area (Å²) >= 11 is 2.71. The number of hydrogen-bond acceptors (Lipinski definition) is 1. The molecule has 0 N–H and O–H groups in total. The Bertz CT molecular complexity index is 483. The van der Waals surface area contributed by atoms with Crippen LogP contribution in [0.4, 0.5) is 17.6 Å². The van der Waals surface area contributed by atoms with Crippen LogP contribution in [0.3, 0.4) is 0 Å². The number of rotatable bonds is 3. The van der Waals surface area contributed by atoms with E-state index < -0.39 is 34.8 Å². The van der Waals surface area contributed by atoms with E-state index in [1.165, 1.54) is 0 Å². The Kier molecular flexibility index (Phi) is 3.01. The maximum Gasteiger partial charge on any atom is 0.312 e. The highest BCUT2D eigenvalue weighted by Gasteiger charge is 2.53. The van der Waals surface area contributed by atoms with Crippen LogP contribution in [-0.4, -0.2) is 11.7 Å². The van der Waals surface area contributed by atoms with Crippen LogP contribution >= 0.6 is 15.9 Å². The third-order valence-electron chi connectivity index (χ3n) is 2.65. The van der Waals surface area contributed by atoms with E-state index in [-0.39, 0.29) is 17.3 Å². The van der Waals surface area contributed by atoms with Gasteiger partial charge in [-0.15, -0.1) is 0 Å². The fourth-order valence-electron chi connectivity index (χ4n) is 1.51. The maximum absolute atomic E-state index is 13.4. The molecule has 1 nitrogen and oxygen atoms in total. The van der Waals surface area contributed by atoms with Crippen molar-refractivity contribution in [1.29, 1.82) is 0 Å². The molecule has 0 radical (unpaired) electrons. The van der Waals surface area contributed by atoms with Crippen molar-refractivity contribution in [3.63, 3.8) is 0 Å². The summed E-state index contributed by atoms with van der Waals surface area (Å²) in [7, 11) is 0. The van der Waals surface area contributed by atoms with Crippen molar-refractivity contribution < 1.29 is 22.4 Å². The van der Waals surface area contributed by atoms with Gasteiger partial charge in [-0.05, 0) is 40.9 Å². The first kappa shape index (κ1) is 12.5. The molecule has 17 heavy (non-hydrogen) atoms. The van der Waals surface area contributed by atoms with Gasteiger partial charge in [-0.25, -0.2) is 8.78 Å². The lowest BCUT2D eigenvalue weighted by molar-refractivity contribution is -0.00482. The zero-order chi connectivity index (χ0) is 12.8. The van der Waals surface area contributed by atoms with E-state index in [4.69, 9.17) is 0 Å². The molecule has 0 unspecified atom stereocenters. The Labute approximate surface area is 103 Å². The molecule has 0 bridgehead atoms. The summed E-state index contributed by atoms with van der Waals surface area (Å²) in [6.07, 6.45) is 0.471. The third kappa shape index (κ3) is 2.22. The molecule has 6 heteroatoms. The van der Waals surface area contributed by atoms with Gasteiger partial charge in [-0.2, -0.15) is 8.78 Å². The Morgan fingerprint density at radius 3 is 2.35 bits per heavy atom.